The first-order chi connectivity index (χ1) is 8.15. The minimum absolute atomic E-state index is 0.0543. The largest absolute Gasteiger partial charge is 0.374 e. The van der Waals surface area contributed by atoms with Gasteiger partial charge in [0.1, 0.15) is 5.78 Å². The summed E-state index contributed by atoms with van der Waals surface area (Å²) >= 11 is 1.98. The minimum atomic E-state index is 0.0543. The molecule has 0 radical (unpaired) electrons. The maximum absolute atomic E-state index is 12.2. The SMILES string of the molecule is CCC(C)CC(=O)C1CCOC2(CCSC2)C1. The normalized spacial score (nSPS) is 35.1. The number of carbonyl (C=O) groups excluding carboxylic acids is 1. The zero-order valence-corrected chi connectivity index (χ0v) is 11.9. The van der Waals surface area contributed by atoms with Crippen molar-refractivity contribution < 1.29 is 9.53 Å². The molecule has 2 aliphatic rings. The summed E-state index contributed by atoms with van der Waals surface area (Å²) in [5, 5.41) is 0. The van der Waals surface area contributed by atoms with Gasteiger partial charge in [0.25, 0.3) is 0 Å². The molecule has 2 saturated heterocycles. The summed E-state index contributed by atoms with van der Waals surface area (Å²) < 4.78 is 5.97. The zero-order valence-electron chi connectivity index (χ0n) is 11.0. The van der Waals surface area contributed by atoms with E-state index >= 15 is 0 Å². The highest BCUT2D eigenvalue weighted by Crippen LogP contribution is 2.41. The van der Waals surface area contributed by atoms with Gasteiger partial charge in [0, 0.05) is 24.7 Å². The number of hydrogen-bond donors (Lipinski definition) is 0. The molecule has 3 unspecified atom stereocenters. The third-order valence-corrected chi connectivity index (χ3v) is 5.49. The molecule has 2 nitrogen and oxygen atoms in total. The molecule has 2 rings (SSSR count). The van der Waals surface area contributed by atoms with Crippen LogP contribution in [0.25, 0.3) is 0 Å². The second-order valence-electron chi connectivity index (χ2n) is 5.71. The first kappa shape index (κ1) is 13.4. The van der Waals surface area contributed by atoms with Crippen molar-refractivity contribution in [1.82, 2.24) is 0 Å². The molecule has 98 valence electrons. The molecule has 3 atom stereocenters. The molecule has 2 fully saturated rings. The Morgan fingerprint density at radius 1 is 1.59 bits per heavy atom. The molecular formula is C14H24O2S. The van der Waals surface area contributed by atoms with Gasteiger partial charge in [-0.05, 0) is 30.9 Å². The van der Waals surface area contributed by atoms with E-state index in [4.69, 9.17) is 4.74 Å². The summed E-state index contributed by atoms with van der Waals surface area (Å²) in [7, 11) is 0. The van der Waals surface area contributed by atoms with Crippen LogP contribution in [-0.4, -0.2) is 29.5 Å². The lowest BCUT2D eigenvalue weighted by Gasteiger charge is -2.37. The number of Topliss-reactive ketones (excluding diaryl/α,β-unsaturated/α-hetero) is 1. The summed E-state index contributed by atoms with van der Waals surface area (Å²) in [5.41, 5.74) is 0.0543. The topological polar surface area (TPSA) is 26.3 Å². The molecule has 0 aliphatic carbocycles. The summed E-state index contributed by atoms with van der Waals surface area (Å²) in [6, 6.07) is 0. The van der Waals surface area contributed by atoms with Gasteiger partial charge < -0.3 is 4.74 Å². The van der Waals surface area contributed by atoms with Crippen molar-refractivity contribution in [2.24, 2.45) is 11.8 Å². The molecule has 17 heavy (non-hydrogen) atoms. The number of ketones is 1. The van der Waals surface area contributed by atoms with Gasteiger partial charge in [-0.2, -0.15) is 11.8 Å². The molecule has 1 spiro atoms. The van der Waals surface area contributed by atoms with Gasteiger partial charge in [-0.15, -0.1) is 0 Å². The van der Waals surface area contributed by atoms with Crippen molar-refractivity contribution in [2.75, 3.05) is 18.1 Å². The van der Waals surface area contributed by atoms with Crippen LogP contribution in [0.3, 0.4) is 0 Å². The Balaban J connectivity index is 1.90. The van der Waals surface area contributed by atoms with Gasteiger partial charge in [0.2, 0.25) is 0 Å². The lowest BCUT2D eigenvalue weighted by molar-refractivity contribution is -0.134. The Morgan fingerprint density at radius 3 is 3.06 bits per heavy atom. The summed E-state index contributed by atoms with van der Waals surface area (Å²) in [4.78, 5) is 12.2. The van der Waals surface area contributed by atoms with Crippen molar-refractivity contribution in [3.8, 4) is 0 Å². The van der Waals surface area contributed by atoms with Gasteiger partial charge >= 0.3 is 0 Å². The average molecular weight is 256 g/mol. The fourth-order valence-electron chi connectivity index (χ4n) is 2.82. The fourth-order valence-corrected chi connectivity index (χ4v) is 4.20. The Hall–Kier alpha value is -0.0200. The van der Waals surface area contributed by atoms with Crippen LogP contribution in [0.4, 0.5) is 0 Å². The van der Waals surface area contributed by atoms with Gasteiger partial charge in [-0.1, -0.05) is 20.3 Å². The fraction of sp³-hybridized carbons (Fsp3) is 0.929. The smallest absolute Gasteiger partial charge is 0.136 e. The van der Waals surface area contributed by atoms with Crippen LogP contribution in [-0.2, 0) is 9.53 Å². The number of ether oxygens (including phenoxy) is 1. The molecule has 0 bridgehead atoms. The third-order valence-electron chi connectivity index (χ3n) is 4.26. The Kier molecular flexibility index (Phi) is 4.53. The van der Waals surface area contributed by atoms with Crippen LogP contribution >= 0.6 is 11.8 Å². The number of rotatable bonds is 4. The maximum Gasteiger partial charge on any atom is 0.136 e. The van der Waals surface area contributed by atoms with E-state index in [1.807, 2.05) is 11.8 Å². The lowest BCUT2D eigenvalue weighted by atomic mass is 9.81. The van der Waals surface area contributed by atoms with Crippen molar-refractivity contribution in [3.63, 3.8) is 0 Å². The summed E-state index contributed by atoms with van der Waals surface area (Å²) in [6.07, 6.45) is 4.95. The Bertz CT molecular complexity index is 271. The monoisotopic (exact) mass is 256 g/mol. The standard InChI is InChI=1S/C14H24O2S/c1-3-11(2)8-13(15)12-4-6-16-14(9-12)5-7-17-10-14/h11-12H,3-10H2,1-2H3. The van der Waals surface area contributed by atoms with E-state index in [1.54, 1.807) is 0 Å². The van der Waals surface area contributed by atoms with E-state index in [9.17, 15) is 4.79 Å². The highest BCUT2D eigenvalue weighted by Gasteiger charge is 2.42. The number of carbonyl (C=O) groups is 1. The Labute approximate surface area is 109 Å². The van der Waals surface area contributed by atoms with Gasteiger partial charge in [0.05, 0.1) is 5.60 Å². The van der Waals surface area contributed by atoms with E-state index in [0.29, 0.717) is 11.7 Å². The van der Waals surface area contributed by atoms with Crippen LogP contribution in [0, 0.1) is 11.8 Å². The molecular weight excluding hydrogens is 232 g/mol. The molecule has 0 saturated carbocycles. The summed E-state index contributed by atoms with van der Waals surface area (Å²) in [5.74, 6) is 3.60. The van der Waals surface area contributed by atoms with Crippen molar-refractivity contribution in [1.29, 1.82) is 0 Å². The quantitative estimate of drug-likeness (QED) is 0.772. The number of thioether (sulfide) groups is 1. The van der Waals surface area contributed by atoms with Crippen LogP contribution in [0.5, 0.6) is 0 Å². The van der Waals surface area contributed by atoms with Crippen LogP contribution in [0.2, 0.25) is 0 Å². The molecule has 0 amide bonds. The second kappa shape index (κ2) is 5.75. The molecule has 2 heterocycles. The third kappa shape index (κ3) is 3.25. The molecule has 0 N–H and O–H groups in total. The summed E-state index contributed by atoms with van der Waals surface area (Å²) in [6.45, 7) is 5.13. The molecule has 0 aromatic rings. The van der Waals surface area contributed by atoms with E-state index in [1.165, 1.54) is 5.75 Å². The maximum atomic E-state index is 12.2. The van der Waals surface area contributed by atoms with E-state index < -0.39 is 0 Å². The first-order valence-corrected chi connectivity index (χ1v) is 8.05. The lowest BCUT2D eigenvalue weighted by Crippen LogP contribution is -2.42. The molecule has 0 aromatic heterocycles. The molecule has 0 aromatic carbocycles. The van der Waals surface area contributed by atoms with Crippen LogP contribution in [0.15, 0.2) is 0 Å². The number of hydrogen-bond acceptors (Lipinski definition) is 3. The minimum Gasteiger partial charge on any atom is -0.374 e. The van der Waals surface area contributed by atoms with Gasteiger partial charge in [-0.3, -0.25) is 4.79 Å². The van der Waals surface area contributed by atoms with Crippen LogP contribution in [0.1, 0.15) is 46.0 Å². The van der Waals surface area contributed by atoms with Crippen molar-refractivity contribution >= 4 is 17.5 Å². The second-order valence-corrected chi connectivity index (χ2v) is 6.81. The van der Waals surface area contributed by atoms with Crippen molar-refractivity contribution in [3.05, 3.63) is 0 Å². The van der Waals surface area contributed by atoms with E-state index in [0.717, 1.165) is 44.5 Å². The van der Waals surface area contributed by atoms with Gasteiger partial charge in [-0.25, -0.2) is 0 Å². The van der Waals surface area contributed by atoms with E-state index in [-0.39, 0.29) is 11.5 Å². The Morgan fingerprint density at radius 2 is 2.41 bits per heavy atom. The van der Waals surface area contributed by atoms with Gasteiger partial charge in [0.15, 0.2) is 0 Å². The van der Waals surface area contributed by atoms with Crippen LogP contribution < -0.4 is 0 Å². The van der Waals surface area contributed by atoms with Crippen molar-refractivity contribution in [2.45, 2.75) is 51.6 Å². The highest BCUT2D eigenvalue weighted by atomic mass is 32.2. The molecule has 2 aliphatic heterocycles. The average Bonchev–Trinajstić information content (AvgIpc) is 2.77. The highest BCUT2D eigenvalue weighted by molar-refractivity contribution is 7.99. The predicted octanol–water partition coefficient (Wildman–Crippen LogP) is 3.29. The first-order valence-electron chi connectivity index (χ1n) is 6.89. The predicted molar refractivity (Wildman–Crippen MR) is 72.4 cm³/mol. The molecule has 3 heteroatoms. The zero-order chi connectivity index (χ0) is 12.3. The van der Waals surface area contributed by atoms with E-state index in [2.05, 4.69) is 13.8 Å².